The monoisotopic (exact) mass is 333 g/mol. The summed E-state index contributed by atoms with van der Waals surface area (Å²) in [5.41, 5.74) is 2.77. The highest BCUT2D eigenvalue weighted by molar-refractivity contribution is 5.86. The fourth-order valence-corrected chi connectivity index (χ4v) is 2.41. The van der Waals surface area contributed by atoms with Gasteiger partial charge in [-0.25, -0.2) is 5.43 Å². The van der Waals surface area contributed by atoms with Gasteiger partial charge in [-0.1, -0.05) is 64.0 Å². The molecule has 24 heavy (non-hydrogen) atoms. The number of carbonyl (C=O) groups is 1. The maximum Gasteiger partial charge on any atom is 0.278 e. The van der Waals surface area contributed by atoms with Crippen molar-refractivity contribution in [1.82, 2.24) is 5.43 Å². The molecule has 0 aliphatic rings. The molecule has 0 spiro atoms. The molecule has 0 fully saturated rings. The van der Waals surface area contributed by atoms with Crippen molar-refractivity contribution in [2.24, 2.45) is 5.10 Å². The van der Waals surface area contributed by atoms with E-state index in [0.717, 1.165) is 19.3 Å². The molecular weight excluding hydrogens is 306 g/mol. The molecule has 0 aromatic heterocycles. The quantitative estimate of drug-likeness (QED) is 0.263. The van der Waals surface area contributed by atoms with Gasteiger partial charge in [0.05, 0.1) is 16.7 Å². The van der Waals surface area contributed by atoms with Gasteiger partial charge in [-0.05, 0) is 12.5 Å². The zero-order chi connectivity index (χ0) is 17.6. The summed E-state index contributed by atoms with van der Waals surface area (Å²) in [7, 11) is 0. The molecule has 0 saturated heterocycles. The van der Waals surface area contributed by atoms with E-state index < -0.39 is 4.92 Å². The Morgan fingerprint density at radius 3 is 2.42 bits per heavy atom. The molecule has 0 bridgehead atoms. The van der Waals surface area contributed by atoms with E-state index in [2.05, 4.69) is 17.5 Å². The van der Waals surface area contributed by atoms with Crippen LogP contribution in [0.3, 0.4) is 0 Å². The third-order valence-corrected chi connectivity index (χ3v) is 3.78. The summed E-state index contributed by atoms with van der Waals surface area (Å²) in [6.07, 6.45) is 11.2. The van der Waals surface area contributed by atoms with E-state index in [1.165, 1.54) is 44.4 Å². The highest BCUT2D eigenvalue weighted by atomic mass is 16.6. The third-order valence-electron chi connectivity index (χ3n) is 3.78. The molecule has 1 aromatic rings. The Bertz CT molecular complexity index is 544. The van der Waals surface area contributed by atoms with Gasteiger partial charge in [-0.15, -0.1) is 0 Å². The smallest absolute Gasteiger partial charge is 0.273 e. The lowest BCUT2D eigenvalue weighted by molar-refractivity contribution is -0.385. The van der Waals surface area contributed by atoms with E-state index in [1.54, 1.807) is 18.2 Å². The van der Waals surface area contributed by atoms with Crippen molar-refractivity contribution in [3.05, 3.63) is 39.9 Å². The summed E-state index contributed by atoms with van der Waals surface area (Å²) in [5, 5.41) is 14.7. The average Bonchev–Trinajstić information content (AvgIpc) is 2.57. The molecule has 0 unspecified atom stereocenters. The molecule has 0 atom stereocenters. The highest BCUT2D eigenvalue weighted by Gasteiger charge is 2.09. The Labute approximate surface area is 143 Å². The zero-order valence-electron chi connectivity index (χ0n) is 14.4. The number of hydrogen-bond acceptors (Lipinski definition) is 4. The number of carbonyl (C=O) groups excluding carboxylic acids is 1. The minimum Gasteiger partial charge on any atom is -0.273 e. The van der Waals surface area contributed by atoms with Crippen LogP contribution in [0.4, 0.5) is 5.69 Å². The lowest BCUT2D eigenvalue weighted by Gasteiger charge is -2.02. The van der Waals surface area contributed by atoms with Gasteiger partial charge in [0.15, 0.2) is 0 Å². The molecule has 6 nitrogen and oxygen atoms in total. The zero-order valence-corrected chi connectivity index (χ0v) is 14.4. The standard InChI is InChI=1S/C18H27N3O3/c1-2-3-4-5-6-7-8-9-14-18(22)20-19-15-16-12-10-11-13-17(16)21(23)24/h10-13,15H,2-9,14H2,1H3,(H,20,22)/b19-15+. The summed E-state index contributed by atoms with van der Waals surface area (Å²) in [6, 6.07) is 6.28. The van der Waals surface area contributed by atoms with Crippen LogP contribution < -0.4 is 5.43 Å². The number of nitrogens with zero attached hydrogens (tertiary/aromatic N) is 2. The van der Waals surface area contributed by atoms with Gasteiger partial charge in [-0.2, -0.15) is 5.10 Å². The van der Waals surface area contributed by atoms with Gasteiger partial charge in [0.2, 0.25) is 5.91 Å². The predicted molar refractivity (Wildman–Crippen MR) is 96.1 cm³/mol. The first-order valence-electron chi connectivity index (χ1n) is 8.70. The number of nitro benzene ring substituents is 1. The minimum absolute atomic E-state index is 0.0291. The van der Waals surface area contributed by atoms with Gasteiger partial charge in [0.25, 0.3) is 5.69 Å². The average molecular weight is 333 g/mol. The molecule has 1 amide bonds. The Morgan fingerprint density at radius 1 is 1.12 bits per heavy atom. The van der Waals surface area contributed by atoms with E-state index in [1.807, 2.05) is 0 Å². The largest absolute Gasteiger partial charge is 0.278 e. The van der Waals surface area contributed by atoms with Crippen molar-refractivity contribution < 1.29 is 9.72 Å². The second kappa shape index (κ2) is 12.2. The second-order valence-corrected chi connectivity index (χ2v) is 5.83. The Balaban J connectivity index is 2.19. The second-order valence-electron chi connectivity index (χ2n) is 5.83. The molecule has 1 rings (SSSR count). The Morgan fingerprint density at radius 2 is 1.75 bits per heavy atom. The fourth-order valence-electron chi connectivity index (χ4n) is 2.41. The van der Waals surface area contributed by atoms with Gasteiger partial charge in [0.1, 0.15) is 0 Å². The number of nitrogens with one attached hydrogen (secondary N) is 1. The van der Waals surface area contributed by atoms with Gasteiger partial charge in [0, 0.05) is 12.5 Å². The normalized spacial score (nSPS) is 10.9. The maximum atomic E-state index is 11.7. The van der Waals surface area contributed by atoms with Gasteiger partial charge in [-0.3, -0.25) is 14.9 Å². The maximum absolute atomic E-state index is 11.7. The molecular formula is C18H27N3O3. The van der Waals surface area contributed by atoms with Crippen LogP contribution in [0, 0.1) is 10.1 Å². The molecule has 6 heteroatoms. The van der Waals surface area contributed by atoms with Gasteiger partial charge >= 0.3 is 0 Å². The first-order valence-corrected chi connectivity index (χ1v) is 8.70. The SMILES string of the molecule is CCCCCCCCCCC(=O)N/N=C/c1ccccc1[N+](=O)[O-]. The van der Waals surface area contributed by atoms with Crippen molar-refractivity contribution in [3.8, 4) is 0 Å². The van der Waals surface area contributed by atoms with E-state index in [9.17, 15) is 14.9 Å². The molecule has 0 saturated carbocycles. The Kier molecular flexibility index (Phi) is 10.1. The summed E-state index contributed by atoms with van der Waals surface area (Å²) in [4.78, 5) is 22.1. The molecule has 132 valence electrons. The number of rotatable bonds is 12. The number of benzene rings is 1. The number of hydrogen-bond donors (Lipinski definition) is 1. The fraction of sp³-hybridized carbons (Fsp3) is 0.556. The van der Waals surface area contributed by atoms with Crippen molar-refractivity contribution in [1.29, 1.82) is 0 Å². The first-order chi connectivity index (χ1) is 11.6. The van der Waals surface area contributed by atoms with Crippen LogP contribution in [0.1, 0.15) is 70.3 Å². The van der Waals surface area contributed by atoms with Crippen LogP contribution in [0.15, 0.2) is 29.4 Å². The summed E-state index contributed by atoms with van der Waals surface area (Å²) in [5.74, 6) is -0.157. The Hall–Kier alpha value is -2.24. The highest BCUT2D eigenvalue weighted by Crippen LogP contribution is 2.15. The van der Waals surface area contributed by atoms with Crippen molar-refractivity contribution in [3.63, 3.8) is 0 Å². The van der Waals surface area contributed by atoms with E-state index >= 15 is 0 Å². The number of hydrazone groups is 1. The van der Waals surface area contributed by atoms with Gasteiger partial charge < -0.3 is 0 Å². The van der Waals surface area contributed by atoms with Crippen LogP contribution >= 0.6 is 0 Å². The van der Waals surface area contributed by atoms with E-state index in [4.69, 9.17) is 0 Å². The van der Waals surface area contributed by atoms with Crippen LogP contribution in [-0.2, 0) is 4.79 Å². The molecule has 0 radical (unpaired) electrons. The lowest BCUT2D eigenvalue weighted by atomic mass is 10.1. The van der Waals surface area contributed by atoms with E-state index in [-0.39, 0.29) is 11.6 Å². The number of para-hydroxylation sites is 1. The van der Waals surface area contributed by atoms with Crippen LogP contribution in [0.25, 0.3) is 0 Å². The molecule has 1 aromatic carbocycles. The lowest BCUT2D eigenvalue weighted by Crippen LogP contribution is -2.17. The number of amides is 1. The summed E-state index contributed by atoms with van der Waals surface area (Å²) in [6.45, 7) is 2.21. The first kappa shape index (κ1) is 19.8. The van der Waals surface area contributed by atoms with Crippen LogP contribution in [0.2, 0.25) is 0 Å². The van der Waals surface area contributed by atoms with Crippen LogP contribution in [-0.4, -0.2) is 17.0 Å². The summed E-state index contributed by atoms with van der Waals surface area (Å²) >= 11 is 0. The number of nitro groups is 1. The van der Waals surface area contributed by atoms with E-state index in [0.29, 0.717) is 12.0 Å². The van der Waals surface area contributed by atoms with Crippen molar-refractivity contribution in [2.45, 2.75) is 64.7 Å². The predicted octanol–water partition coefficient (Wildman–Crippen LogP) is 4.58. The van der Waals surface area contributed by atoms with Crippen molar-refractivity contribution in [2.75, 3.05) is 0 Å². The van der Waals surface area contributed by atoms with Crippen LogP contribution in [0.5, 0.6) is 0 Å². The third kappa shape index (κ3) is 8.41. The van der Waals surface area contributed by atoms with Crippen molar-refractivity contribution >= 4 is 17.8 Å². The molecule has 0 heterocycles. The molecule has 0 aliphatic heterocycles. The molecule has 1 N–H and O–H groups in total. The minimum atomic E-state index is -0.469. The summed E-state index contributed by atoms with van der Waals surface area (Å²) < 4.78 is 0. The molecule has 0 aliphatic carbocycles. The topological polar surface area (TPSA) is 84.6 Å². The number of unbranched alkanes of at least 4 members (excludes halogenated alkanes) is 7.